The van der Waals surface area contributed by atoms with Gasteiger partial charge in [0.25, 0.3) is 0 Å². The van der Waals surface area contributed by atoms with Gasteiger partial charge < -0.3 is 4.74 Å². The standard InChI is InChI=1S/C12H17NO3/c1-7(2)11-8(3)6-10(12(15)16-5)13(11)9(4)14/h6-7H,1-5H3. The van der Waals surface area contributed by atoms with Gasteiger partial charge in [-0.15, -0.1) is 0 Å². The average Bonchev–Trinajstić information content (AvgIpc) is 2.54. The van der Waals surface area contributed by atoms with Crippen LogP contribution in [0.5, 0.6) is 0 Å². The fraction of sp³-hybridized carbons (Fsp3) is 0.500. The van der Waals surface area contributed by atoms with Crippen molar-refractivity contribution in [2.75, 3.05) is 7.11 Å². The molecule has 1 rings (SSSR count). The Bertz CT molecular complexity index is 430. The highest BCUT2D eigenvalue weighted by Crippen LogP contribution is 2.23. The number of aromatic nitrogens is 1. The number of esters is 1. The Morgan fingerprint density at radius 1 is 1.38 bits per heavy atom. The third-order valence-corrected chi connectivity index (χ3v) is 2.50. The lowest BCUT2D eigenvalue weighted by molar-refractivity contribution is 0.0581. The molecule has 0 saturated heterocycles. The van der Waals surface area contributed by atoms with E-state index in [1.807, 2.05) is 20.8 Å². The lowest BCUT2D eigenvalue weighted by atomic mass is 10.1. The van der Waals surface area contributed by atoms with Gasteiger partial charge in [-0.1, -0.05) is 13.8 Å². The van der Waals surface area contributed by atoms with Gasteiger partial charge in [0.15, 0.2) is 0 Å². The van der Waals surface area contributed by atoms with E-state index in [1.165, 1.54) is 18.6 Å². The van der Waals surface area contributed by atoms with E-state index in [2.05, 4.69) is 4.74 Å². The molecule has 0 atom stereocenters. The van der Waals surface area contributed by atoms with Crippen molar-refractivity contribution in [3.8, 4) is 0 Å². The van der Waals surface area contributed by atoms with Crippen LogP contribution in [0.15, 0.2) is 6.07 Å². The van der Waals surface area contributed by atoms with Crippen molar-refractivity contribution < 1.29 is 14.3 Å². The number of methoxy groups -OCH3 is 1. The minimum Gasteiger partial charge on any atom is -0.464 e. The summed E-state index contributed by atoms with van der Waals surface area (Å²) in [5.41, 5.74) is 2.11. The number of hydrogen-bond acceptors (Lipinski definition) is 3. The van der Waals surface area contributed by atoms with E-state index in [0.29, 0.717) is 5.69 Å². The highest BCUT2D eigenvalue weighted by atomic mass is 16.5. The van der Waals surface area contributed by atoms with Crippen molar-refractivity contribution >= 4 is 11.9 Å². The van der Waals surface area contributed by atoms with Crippen molar-refractivity contribution in [1.29, 1.82) is 0 Å². The number of aryl methyl sites for hydroxylation is 1. The van der Waals surface area contributed by atoms with E-state index in [0.717, 1.165) is 11.3 Å². The van der Waals surface area contributed by atoms with Crippen molar-refractivity contribution in [3.63, 3.8) is 0 Å². The number of carbonyl (C=O) groups is 2. The van der Waals surface area contributed by atoms with Crippen molar-refractivity contribution in [2.45, 2.75) is 33.6 Å². The van der Waals surface area contributed by atoms with Gasteiger partial charge in [0, 0.05) is 12.6 Å². The van der Waals surface area contributed by atoms with E-state index < -0.39 is 5.97 Å². The summed E-state index contributed by atoms with van der Waals surface area (Å²) in [5.74, 6) is -0.468. The number of rotatable bonds is 2. The molecule has 0 fully saturated rings. The number of nitrogens with zero attached hydrogens (tertiary/aromatic N) is 1. The van der Waals surface area contributed by atoms with Crippen LogP contribution in [0.4, 0.5) is 0 Å². The maximum Gasteiger partial charge on any atom is 0.355 e. The molecule has 0 aromatic carbocycles. The van der Waals surface area contributed by atoms with Crippen molar-refractivity contribution in [1.82, 2.24) is 4.57 Å². The average molecular weight is 223 g/mol. The van der Waals surface area contributed by atoms with Crippen LogP contribution in [-0.4, -0.2) is 23.6 Å². The molecule has 0 aliphatic carbocycles. The molecule has 0 aliphatic rings. The maximum absolute atomic E-state index is 11.6. The van der Waals surface area contributed by atoms with Crippen LogP contribution in [0.1, 0.15) is 53.2 Å². The minimum absolute atomic E-state index is 0.169. The Labute approximate surface area is 95.2 Å². The van der Waals surface area contributed by atoms with E-state index in [9.17, 15) is 9.59 Å². The molecule has 4 heteroatoms. The van der Waals surface area contributed by atoms with Crippen molar-refractivity contribution in [2.24, 2.45) is 0 Å². The Morgan fingerprint density at radius 2 is 1.94 bits per heavy atom. The Morgan fingerprint density at radius 3 is 2.31 bits per heavy atom. The third kappa shape index (κ3) is 2.01. The summed E-state index contributed by atoms with van der Waals surface area (Å²) in [6, 6.07) is 1.70. The molecule has 1 aromatic heterocycles. The molecule has 4 nitrogen and oxygen atoms in total. The lowest BCUT2D eigenvalue weighted by Crippen LogP contribution is -2.18. The predicted octanol–water partition coefficient (Wildman–Crippen LogP) is 2.37. The summed E-state index contributed by atoms with van der Waals surface area (Å²) >= 11 is 0. The molecule has 0 spiro atoms. The van der Waals surface area contributed by atoms with Gasteiger partial charge in [0.1, 0.15) is 5.69 Å². The van der Waals surface area contributed by atoms with E-state index in [4.69, 9.17) is 0 Å². The largest absolute Gasteiger partial charge is 0.464 e. The molecule has 0 aliphatic heterocycles. The molecule has 1 aromatic rings. The van der Waals surface area contributed by atoms with Gasteiger partial charge in [-0.3, -0.25) is 9.36 Å². The van der Waals surface area contributed by atoms with Crippen LogP contribution in [0.2, 0.25) is 0 Å². The second-order valence-corrected chi connectivity index (χ2v) is 4.10. The zero-order valence-electron chi connectivity index (χ0n) is 10.3. The first-order chi connectivity index (χ1) is 7.40. The van der Waals surface area contributed by atoms with Gasteiger partial charge >= 0.3 is 5.97 Å². The highest BCUT2D eigenvalue weighted by molar-refractivity contribution is 5.94. The first-order valence-corrected chi connectivity index (χ1v) is 5.21. The third-order valence-electron chi connectivity index (χ3n) is 2.50. The zero-order chi connectivity index (χ0) is 12.5. The summed E-state index contributed by atoms with van der Waals surface area (Å²) in [7, 11) is 1.31. The van der Waals surface area contributed by atoms with Crippen LogP contribution in [0.25, 0.3) is 0 Å². The van der Waals surface area contributed by atoms with E-state index in [1.54, 1.807) is 6.07 Å². The predicted molar refractivity (Wildman–Crippen MR) is 60.9 cm³/mol. The quantitative estimate of drug-likeness (QED) is 0.723. The summed E-state index contributed by atoms with van der Waals surface area (Å²) in [4.78, 5) is 23.1. The van der Waals surface area contributed by atoms with Gasteiger partial charge in [-0.2, -0.15) is 0 Å². The molecule has 0 saturated carbocycles. The number of hydrogen-bond donors (Lipinski definition) is 0. The fourth-order valence-corrected chi connectivity index (χ4v) is 1.96. The summed E-state index contributed by atoms with van der Waals surface area (Å²) in [6.07, 6.45) is 0. The van der Waals surface area contributed by atoms with Crippen molar-refractivity contribution in [3.05, 3.63) is 23.0 Å². The highest BCUT2D eigenvalue weighted by Gasteiger charge is 2.22. The molecule has 16 heavy (non-hydrogen) atoms. The number of ether oxygens (including phenoxy) is 1. The first kappa shape index (κ1) is 12.5. The smallest absolute Gasteiger partial charge is 0.355 e. The second kappa shape index (κ2) is 4.51. The second-order valence-electron chi connectivity index (χ2n) is 4.10. The SMILES string of the molecule is COC(=O)c1cc(C)c(C(C)C)n1C(C)=O. The Hall–Kier alpha value is -1.58. The van der Waals surface area contributed by atoms with Gasteiger partial charge in [-0.05, 0) is 24.5 Å². The normalized spacial score (nSPS) is 10.6. The van der Waals surface area contributed by atoms with Gasteiger partial charge in [-0.25, -0.2) is 4.79 Å². The molecule has 0 radical (unpaired) electrons. The van der Waals surface area contributed by atoms with Crippen LogP contribution >= 0.6 is 0 Å². The summed E-state index contributed by atoms with van der Waals surface area (Å²) in [6.45, 7) is 7.31. The topological polar surface area (TPSA) is 48.3 Å². The minimum atomic E-state index is -0.481. The maximum atomic E-state index is 11.6. The van der Waals surface area contributed by atoms with Gasteiger partial charge in [0.05, 0.1) is 7.11 Å². The number of carbonyl (C=O) groups excluding carboxylic acids is 2. The summed E-state index contributed by atoms with van der Waals surface area (Å²) in [5, 5.41) is 0. The summed E-state index contributed by atoms with van der Waals surface area (Å²) < 4.78 is 6.10. The first-order valence-electron chi connectivity index (χ1n) is 5.21. The Balaban J connectivity index is 3.47. The zero-order valence-corrected chi connectivity index (χ0v) is 10.3. The monoisotopic (exact) mass is 223 g/mol. The molecule has 0 amide bonds. The van der Waals surface area contributed by atoms with Crippen LogP contribution in [0.3, 0.4) is 0 Å². The molecular weight excluding hydrogens is 206 g/mol. The molecule has 0 N–H and O–H groups in total. The fourth-order valence-electron chi connectivity index (χ4n) is 1.96. The van der Waals surface area contributed by atoms with Crippen LogP contribution in [-0.2, 0) is 4.74 Å². The molecule has 0 unspecified atom stereocenters. The van der Waals surface area contributed by atoms with Crippen LogP contribution < -0.4 is 0 Å². The molecular formula is C12H17NO3. The lowest BCUT2D eigenvalue weighted by Gasteiger charge is -2.12. The van der Waals surface area contributed by atoms with Gasteiger partial charge in [0.2, 0.25) is 5.91 Å². The molecule has 1 heterocycles. The van der Waals surface area contributed by atoms with Crippen LogP contribution in [0, 0.1) is 6.92 Å². The molecule has 0 bridgehead atoms. The van der Waals surface area contributed by atoms with E-state index in [-0.39, 0.29) is 11.8 Å². The molecule has 88 valence electrons. The Kier molecular flexibility index (Phi) is 3.52. The van der Waals surface area contributed by atoms with E-state index >= 15 is 0 Å².